The van der Waals surface area contributed by atoms with Crippen LogP contribution in [-0.2, 0) is 0 Å². The van der Waals surface area contributed by atoms with Gasteiger partial charge in [0.25, 0.3) is 0 Å². The Morgan fingerprint density at radius 1 is 0.235 bits per heavy atom. The minimum Gasteiger partial charge on any atom is -0.310 e. The molecule has 13 rings (SSSR count). The molecule has 0 bridgehead atoms. The lowest BCUT2D eigenvalue weighted by atomic mass is 9.93. The lowest BCUT2D eigenvalue weighted by Crippen LogP contribution is -2.10. The molecule has 0 saturated carbocycles. The summed E-state index contributed by atoms with van der Waals surface area (Å²) in [5.74, 6) is 0. The highest BCUT2D eigenvalue weighted by atomic mass is 15.1. The molecule has 0 fully saturated rings. The lowest BCUT2D eigenvalue weighted by molar-refractivity contribution is 1.18. The predicted molar refractivity (Wildman–Crippen MR) is 290 cm³/mol. The summed E-state index contributed by atoms with van der Waals surface area (Å²) in [6.07, 6.45) is 0. The maximum atomic E-state index is 2.43. The predicted octanol–water partition coefficient (Wildman–Crippen LogP) is 18.4. The second kappa shape index (κ2) is 16.5. The molecule has 318 valence electrons. The maximum absolute atomic E-state index is 2.43. The Labute approximate surface area is 395 Å². The van der Waals surface area contributed by atoms with E-state index in [2.05, 4.69) is 276 Å². The number of aromatic nitrogens is 1. The Kier molecular flexibility index (Phi) is 9.54. The number of benzene rings is 12. The molecule has 1 heterocycles. The van der Waals surface area contributed by atoms with Gasteiger partial charge in [-0.05, 0) is 138 Å². The molecular formula is C66H44N2. The molecule has 12 aromatic carbocycles. The smallest absolute Gasteiger partial charge is 0.0541 e. The normalized spacial score (nSPS) is 11.5. The molecule has 0 aliphatic rings. The van der Waals surface area contributed by atoms with E-state index in [-0.39, 0.29) is 0 Å². The third-order valence-corrected chi connectivity index (χ3v) is 13.8. The fourth-order valence-electron chi connectivity index (χ4n) is 10.5. The van der Waals surface area contributed by atoms with Gasteiger partial charge in [-0.3, -0.25) is 0 Å². The molecule has 2 nitrogen and oxygen atoms in total. The number of fused-ring (bicyclic) bond motifs is 7. The molecule has 68 heavy (non-hydrogen) atoms. The fourth-order valence-corrected chi connectivity index (χ4v) is 10.5. The summed E-state index contributed by atoms with van der Waals surface area (Å²) in [6, 6.07) is 97.5. The van der Waals surface area contributed by atoms with E-state index in [1.54, 1.807) is 0 Å². The first-order valence-electron chi connectivity index (χ1n) is 23.4. The number of rotatable bonds is 8. The van der Waals surface area contributed by atoms with Gasteiger partial charge in [0.05, 0.1) is 16.7 Å². The Morgan fingerprint density at radius 2 is 0.721 bits per heavy atom. The number of hydrogen-bond donors (Lipinski definition) is 0. The zero-order chi connectivity index (χ0) is 45.0. The Morgan fingerprint density at radius 3 is 1.47 bits per heavy atom. The monoisotopic (exact) mass is 864 g/mol. The van der Waals surface area contributed by atoms with E-state index < -0.39 is 0 Å². The molecule has 0 N–H and O–H groups in total. The van der Waals surface area contributed by atoms with Gasteiger partial charge in [0.2, 0.25) is 0 Å². The molecule has 1 aromatic heterocycles. The summed E-state index contributed by atoms with van der Waals surface area (Å²) >= 11 is 0. The van der Waals surface area contributed by atoms with Crippen LogP contribution in [0.4, 0.5) is 17.1 Å². The Balaban J connectivity index is 0.902. The minimum atomic E-state index is 1.08. The van der Waals surface area contributed by atoms with Gasteiger partial charge in [-0.15, -0.1) is 0 Å². The molecule has 0 spiro atoms. The highest BCUT2D eigenvalue weighted by Gasteiger charge is 2.19. The van der Waals surface area contributed by atoms with Gasteiger partial charge in [0.1, 0.15) is 0 Å². The molecular weight excluding hydrogens is 821 g/mol. The fraction of sp³-hybridized carbons (Fsp3) is 0. The molecule has 0 atom stereocenters. The van der Waals surface area contributed by atoms with Crippen LogP contribution >= 0.6 is 0 Å². The first-order valence-corrected chi connectivity index (χ1v) is 23.4. The third-order valence-electron chi connectivity index (χ3n) is 13.8. The number of anilines is 3. The summed E-state index contributed by atoms with van der Waals surface area (Å²) in [5, 5.41) is 10.1. The van der Waals surface area contributed by atoms with Gasteiger partial charge in [-0.1, -0.05) is 200 Å². The first-order chi connectivity index (χ1) is 33.7. The van der Waals surface area contributed by atoms with E-state index >= 15 is 0 Å². The largest absolute Gasteiger partial charge is 0.310 e. The van der Waals surface area contributed by atoms with Gasteiger partial charge in [-0.25, -0.2) is 0 Å². The second-order valence-electron chi connectivity index (χ2n) is 17.7. The van der Waals surface area contributed by atoms with Crippen molar-refractivity contribution in [3.63, 3.8) is 0 Å². The molecule has 0 aliphatic carbocycles. The summed E-state index contributed by atoms with van der Waals surface area (Å²) in [4.78, 5) is 2.38. The summed E-state index contributed by atoms with van der Waals surface area (Å²) in [7, 11) is 0. The minimum absolute atomic E-state index is 1.08. The Hall–Kier alpha value is -8.98. The summed E-state index contributed by atoms with van der Waals surface area (Å²) in [6.45, 7) is 0. The standard InChI is InChI=1S/C66H44N2/c1-2-16-49-42-52(30-28-45(49)14-1)50-17-13-18-56(44-50)67(54-37-32-46(33-38-54)51-36-41-59-53(43-51)31-29-47-15-3-4-19-57(47)59)55-39-34-48(35-40-55)58-20-5-6-21-60(58)61-22-7-10-25-64(61)68-65-26-11-8-23-62(65)63-24-9-12-27-66(63)68/h1-44H. The number of para-hydroxylation sites is 3. The zero-order valence-corrected chi connectivity index (χ0v) is 37.3. The van der Waals surface area contributed by atoms with E-state index in [0.717, 1.165) is 28.3 Å². The Bertz CT molecular complexity index is 3970. The van der Waals surface area contributed by atoms with Crippen LogP contribution in [0.5, 0.6) is 0 Å². The molecule has 0 radical (unpaired) electrons. The SMILES string of the molecule is c1cc(-c2ccc3ccccc3c2)cc(N(c2ccc(-c3ccc4c(ccc5ccccc54)c3)cc2)c2ccc(-c3ccccc3-c3ccccc3-n3c4ccccc4c4ccccc43)cc2)c1. The number of nitrogens with zero attached hydrogens (tertiary/aromatic N) is 2. The van der Waals surface area contributed by atoms with Crippen molar-refractivity contribution in [2.45, 2.75) is 0 Å². The van der Waals surface area contributed by atoms with E-state index in [4.69, 9.17) is 0 Å². The molecule has 0 aliphatic heterocycles. The van der Waals surface area contributed by atoms with Crippen LogP contribution in [0, 0.1) is 0 Å². The van der Waals surface area contributed by atoms with Gasteiger partial charge < -0.3 is 9.47 Å². The van der Waals surface area contributed by atoms with E-state index in [0.29, 0.717) is 0 Å². The second-order valence-corrected chi connectivity index (χ2v) is 17.7. The number of hydrogen-bond acceptors (Lipinski definition) is 1. The van der Waals surface area contributed by atoms with Gasteiger partial charge in [0.15, 0.2) is 0 Å². The molecule has 0 amide bonds. The molecule has 13 aromatic rings. The van der Waals surface area contributed by atoms with Crippen molar-refractivity contribution in [2.24, 2.45) is 0 Å². The first kappa shape index (κ1) is 39.4. The van der Waals surface area contributed by atoms with Crippen molar-refractivity contribution in [2.75, 3.05) is 4.90 Å². The van der Waals surface area contributed by atoms with E-state index in [9.17, 15) is 0 Å². The van der Waals surface area contributed by atoms with E-state index in [1.807, 2.05) is 0 Å². The third kappa shape index (κ3) is 6.82. The van der Waals surface area contributed by atoms with Crippen LogP contribution in [0.15, 0.2) is 267 Å². The van der Waals surface area contributed by atoms with Crippen LogP contribution in [-0.4, -0.2) is 4.57 Å². The zero-order valence-electron chi connectivity index (χ0n) is 37.3. The van der Waals surface area contributed by atoms with Crippen LogP contribution in [0.2, 0.25) is 0 Å². The average molecular weight is 865 g/mol. The quantitative estimate of drug-likeness (QED) is 0.138. The lowest BCUT2D eigenvalue weighted by Gasteiger charge is -2.26. The topological polar surface area (TPSA) is 8.17 Å². The van der Waals surface area contributed by atoms with Crippen molar-refractivity contribution < 1.29 is 0 Å². The average Bonchev–Trinajstić information content (AvgIpc) is 3.75. The highest BCUT2D eigenvalue weighted by molar-refractivity contribution is 6.10. The van der Waals surface area contributed by atoms with E-state index in [1.165, 1.54) is 93.1 Å². The van der Waals surface area contributed by atoms with Crippen LogP contribution in [0.25, 0.3) is 104 Å². The van der Waals surface area contributed by atoms with Crippen molar-refractivity contribution >= 4 is 71.2 Å². The van der Waals surface area contributed by atoms with Gasteiger partial charge in [0, 0.05) is 33.4 Å². The van der Waals surface area contributed by atoms with Crippen molar-refractivity contribution in [3.8, 4) is 50.2 Å². The van der Waals surface area contributed by atoms with Crippen molar-refractivity contribution in [1.82, 2.24) is 4.57 Å². The maximum Gasteiger partial charge on any atom is 0.0541 e. The van der Waals surface area contributed by atoms with Crippen LogP contribution < -0.4 is 4.90 Å². The molecule has 0 unspecified atom stereocenters. The van der Waals surface area contributed by atoms with Gasteiger partial charge >= 0.3 is 0 Å². The van der Waals surface area contributed by atoms with Crippen LogP contribution in [0.1, 0.15) is 0 Å². The highest BCUT2D eigenvalue weighted by Crippen LogP contribution is 2.42. The van der Waals surface area contributed by atoms with Gasteiger partial charge in [-0.2, -0.15) is 0 Å². The van der Waals surface area contributed by atoms with Crippen molar-refractivity contribution in [3.05, 3.63) is 267 Å². The summed E-state index contributed by atoms with van der Waals surface area (Å²) < 4.78 is 2.43. The molecule has 0 saturated heterocycles. The summed E-state index contributed by atoms with van der Waals surface area (Å²) in [5.41, 5.74) is 16.3. The molecule has 2 heteroatoms. The van der Waals surface area contributed by atoms with Crippen LogP contribution in [0.3, 0.4) is 0 Å². The van der Waals surface area contributed by atoms with Crippen molar-refractivity contribution in [1.29, 1.82) is 0 Å².